The fraction of sp³-hybridized carbons (Fsp3) is 0.324. The molecule has 4 aromatic rings. The Hall–Kier alpha value is -4.70. The number of benzene rings is 2. The molecule has 1 heterocycles. The normalized spacial score (nSPS) is 14.4. The molecule has 0 spiro atoms. The maximum absolute atomic E-state index is 13.6. The van der Waals surface area contributed by atoms with Crippen LogP contribution in [0.4, 0.5) is 5.69 Å². The van der Waals surface area contributed by atoms with Gasteiger partial charge >= 0.3 is 0 Å². The summed E-state index contributed by atoms with van der Waals surface area (Å²) in [4.78, 5) is 42.1. The number of carbonyl (C=O) groups excluding carboxylic acids is 2. The van der Waals surface area contributed by atoms with Gasteiger partial charge in [-0.2, -0.15) is 0 Å². The molecule has 0 bridgehead atoms. The molecule has 0 radical (unpaired) electrons. The van der Waals surface area contributed by atoms with Crippen molar-refractivity contribution in [2.45, 2.75) is 45.2 Å². The number of hydrogen-bond donors (Lipinski definition) is 4. The topological polar surface area (TPSA) is 131 Å². The molecule has 1 aromatic heterocycles. The lowest BCUT2D eigenvalue weighted by Crippen LogP contribution is -2.39. The number of carbonyl (C=O) groups is 2. The molecule has 0 saturated carbocycles. The monoisotopic (exact) mass is 632 g/mol. The van der Waals surface area contributed by atoms with Crippen LogP contribution in [0.1, 0.15) is 43.0 Å². The first-order valence-corrected chi connectivity index (χ1v) is 15.1. The van der Waals surface area contributed by atoms with E-state index in [1.54, 1.807) is 27.2 Å². The molecule has 2 amide bonds. The predicted molar refractivity (Wildman–Crippen MR) is 176 cm³/mol. The second kappa shape index (κ2) is 13.5. The third kappa shape index (κ3) is 6.56. The number of anilines is 1. The van der Waals surface area contributed by atoms with Crippen molar-refractivity contribution in [2.75, 3.05) is 33.2 Å². The van der Waals surface area contributed by atoms with Crippen LogP contribution in [0.15, 0.2) is 53.5 Å². The van der Waals surface area contributed by atoms with Crippen molar-refractivity contribution in [3.05, 3.63) is 80.6 Å². The van der Waals surface area contributed by atoms with Crippen LogP contribution in [-0.2, 0) is 22.4 Å². The van der Waals surface area contributed by atoms with Gasteiger partial charge in [-0.25, -0.2) is 0 Å². The second-order valence-corrected chi connectivity index (χ2v) is 11.4. The molecule has 11 heteroatoms. The van der Waals surface area contributed by atoms with E-state index in [1.165, 1.54) is 20.1 Å². The number of methoxy groups -OCH3 is 3. The highest BCUT2D eigenvalue weighted by molar-refractivity contribution is 6.31. The van der Waals surface area contributed by atoms with Gasteiger partial charge in [-0.15, -0.1) is 0 Å². The Labute approximate surface area is 266 Å². The van der Waals surface area contributed by atoms with Crippen LogP contribution in [0.3, 0.4) is 0 Å². The van der Waals surface area contributed by atoms with Crippen LogP contribution in [0.5, 0.6) is 17.2 Å². The zero-order chi connectivity index (χ0) is 32.2. The van der Waals surface area contributed by atoms with Crippen molar-refractivity contribution in [2.24, 2.45) is 0 Å². The molecule has 4 N–H and O–H groups in total. The summed E-state index contributed by atoms with van der Waals surface area (Å²) >= 11 is 6.17. The highest BCUT2D eigenvalue weighted by atomic mass is 35.5. The Morgan fingerprint density at radius 2 is 1.82 bits per heavy atom. The zero-order valence-corrected chi connectivity index (χ0v) is 26.7. The van der Waals surface area contributed by atoms with Crippen LogP contribution in [0.25, 0.3) is 22.0 Å². The molecular weight excluding hydrogens is 596 g/mol. The van der Waals surface area contributed by atoms with Gasteiger partial charge in [0.2, 0.25) is 23.0 Å². The first-order chi connectivity index (χ1) is 21.6. The minimum absolute atomic E-state index is 0.211. The molecule has 2 atom stereocenters. The highest BCUT2D eigenvalue weighted by Crippen LogP contribution is 2.50. The molecule has 5 rings (SSSR count). The van der Waals surface area contributed by atoms with Gasteiger partial charge in [-0.05, 0) is 84.8 Å². The number of rotatable bonds is 10. The molecule has 45 heavy (non-hydrogen) atoms. The fourth-order valence-electron chi connectivity index (χ4n) is 5.96. The second-order valence-electron chi connectivity index (χ2n) is 11.0. The number of nitrogens with one attached hydrogen (secondary N) is 4. The molecule has 3 aromatic carbocycles. The van der Waals surface area contributed by atoms with Gasteiger partial charge in [0.15, 0.2) is 11.5 Å². The molecule has 236 valence electrons. The van der Waals surface area contributed by atoms with E-state index in [4.69, 9.17) is 25.8 Å². The number of ether oxygens (including phenoxy) is 3. The lowest BCUT2D eigenvalue weighted by molar-refractivity contribution is -0.121. The van der Waals surface area contributed by atoms with E-state index in [1.807, 2.05) is 36.5 Å². The minimum Gasteiger partial charge on any atom is -0.493 e. The Kier molecular flexibility index (Phi) is 9.53. The van der Waals surface area contributed by atoms with Crippen molar-refractivity contribution in [1.29, 1.82) is 0 Å². The van der Waals surface area contributed by atoms with Crippen molar-refractivity contribution in [3.63, 3.8) is 0 Å². The summed E-state index contributed by atoms with van der Waals surface area (Å²) in [6.07, 6.45) is 3.67. The van der Waals surface area contributed by atoms with E-state index >= 15 is 0 Å². The molecule has 1 aliphatic carbocycles. The Morgan fingerprint density at radius 3 is 2.53 bits per heavy atom. The van der Waals surface area contributed by atoms with Gasteiger partial charge in [0, 0.05) is 41.2 Å². The molecule has 0 aliphatic heterocycles. The number of fused-ring (bicyclic) bond motifs is 4. The average molecular weight is 633 g/mol. The number of halogens is 1. The summed E-state index contributed by atoms with van der Waals surface area (Å²) in [6, 6.07) is 11.4. The Morgan fingerprint density at radius 1 is 1.04 bits per heavy atom. The number of aromatic amines is 1. The number of H-pyrrole nitrogens is 1. The molecular formula is C34H37ClN4O6. The van der Waals surface area contributed by atoms with Crippen LogP contribution in [-0.4, -0.2) is 50.7 Å². The molecule has 10 nitrogen and oxygen atoms in total. The summed E-state index contributed by atoms with van der Waals surface area (Å²) in [5.41, 5.74) is 4.99. The lowest BCUT2D eigenvalue weighted by Gasteiger charge is -2.19. The smallest absolute Gasteiger partial charge is 0.242 e. The van der Waals surface area contributed by atoms with Crippen molar-refractivity contribution in [3.8, 4) is 28.4 Å². The van der Waals surface area contributed by atoms with Crippen LogP contribution in [0, 0.1) is 0 Å². The molecule has 0 unspecified atom stereocenters. The quantitative estimate of drug-likeness (QED) is 0.190. The number of amides is 2. The summed E-state index contributed by atoms with van der Waals surface area (Å²) in [5, 5.41) is 10.7. The minimum atomic E-state index is -0.699. The number of hydrogen-bond acceptors (Lipinski definition) is 7. The van der Waals surface area contributed by atoms with E-state index in [9.17, 15) is 14.4 Å². The van der Waals surface area contributed by atoms with E-state index in [2.05, 4.69) is 20.9 Å². The summed E-state index contributed by atoms with van der Waals surface area (Å²) < 4.78 is 17.1. The maximum atomic E-state index is 13.6. The fourth-order valence-corrected chi connectivity index (χ4v) is 6.13. The van der Waals surface area contributed by atoms with Gasteiger partial charge in [0.25, 0.3) is 0 Å². The lowest BCUT2D eigenvalue weighted by atomic mass is 9.95. The van der Waals surface area contributed by atoms with Gasteiger partial charge in [-0.3, -0.25) is 14.4 Å². The van der Waals surface area contributed by atoms with E-state index in [0.29, 0.717) is 59.2 Å². The Balaban J connectivity index is 1.43. The van der Waals surface area contributed by atoms with E-state index in [0.717, 1.165) is 27.6 Å². The number of aromatic nitrogens is 1. The third-order valence-electron chi connectivity index (χ3n) is 8.10. The summed E-state index contributed by atoms with van der Waals surface area (Å²) in [7, 11) is 4.65. The maximum Gasteiger partial charge on any atom is 0.242 e. The highest BCUT2D eigenvalue weighted by Gasteiger charge is 2.29. The molecule has 1 aliphatic rings. The van der Waals surface area contributed by atoms with Crippen molar-refractivity contribution >= 4 is 40.0 Å². The van der Waals surface area contributed by atoms with Crippen molar-refractivity contribution in [1.82, 2.24) is 15.6 Å². The van der Waals surface area contributed by atoms with Crippen LogP contribution >= 0.6 is 11.6 Å². The van der Waals surface area contributed by atoms with E-state index in [-0.39, 0.29) is 22.9 Å². The van der Waals surface area contributed by atoms with Crippen molar-refractivity contribution < 1.29 is 23.8 Å². The average Bonchev–Trinajstić information content (AvgIpc) is 3.27. The zero-order valence-electron chi connectivity index (χ0n) is 25.9. The SMILES string of the molecule is COc1cc2c(c(OC)c1OC)-c1ccc(N[C@H](C)C(=O)NCCc3c[nH]c4ccc(Cl)cc34)c(=O)cc1[C@H](NC(C)=O)CC2. The third-order valence-corrected chi connectivity index (χ3v) is 8.34. The standard InChI is InChI=1S/C34H37ClN4O6/c1-18(34(42)36-13-12-21-17-37-26-10-7-22(35)15-24(21)26)38-28-11-8-23-25(16-29(28)41)27(39-19(2)40)9-6-20-14-30(43-3)32(44-4)33(45-5)31(20)23/h7-8,10-11,14-18,27,37H,6,9,12-13H2,1-5H3,(H,36,42)(H,38,41)(H,39,40)/t18-,27-/m1/s1. The summed E-state index contributed by atoms with van der Waals surface area (Å²) in [5.74, 6) is 0.955. The molecule has 0 fully saturated rings. The first kappa shape index (κ1) is 31.7. The number of aryl methyl sites for hydroxylation is 1. The predicted octanol–water partition coefficient (Wildman–Crippen LogP) is 5.16. The summed E-state index contributed by atoms with van der Waals surface area (Å²) in [6.45, 7) is 3.56. The van der Waals surface area contributed by atoms with E-state index < -0.39 is 12.1 Å². The van der Waals surface area contributed by atoms with Gasteiger partial charge in [-0.1, -0.05) is 17.7 Å². The van der Waals surface area contributed by atoms with Gasteiger partial charge in [0.05, 0.1) is 33.1 Å². The van der Waals surface area contributed by atoms with Crippen LogP contribution < -0.4 is 35.6 Å². The van der Waals surface area contributed by atoms with Gasteiger partial charge in [0.1, 0.15) is 6.04 Å². The van der Waals surface area contributed by atoms with Gasteiger partial charge < -0.3 is 35.1 Å². The molecule has 0 saturated heterocycles. The van der Waals surface area contributed by atoms with Crippen LogP contribution in [0.2, 0.25) is 5.02 Å². The first-order valence-electron chi connectivity index (χ1n) is 14.7. The largest absolute Gasteiger partial charge is 0.493 e. The Bertz CT molecular complexity index is 1820.